The normalized spacial score (nSPS) is 20.2. The van der Waals surface area contributed by atoms with E-state index in [-0.39, 0.29) is 24.3 Å². The van der Waals surface area contributed by atoms with Crippen molar-refractivity contribution < 1.29 is 9.59 Å². The molecule has 1 heterocycles. The number of para-hydroxylation sites is 1. The Bertz CT molecular complexity index is 488. The van der Waals surface area contributed by atoms with Crippen LogP contribution < -0.4 is 10.2 Å². The van der Waals surface area contributed by atoms with Gasteiger partial charge in [-0.3, -0.25) is 9.59 Å². The van der Waals surface area contributed by atoms with Crippen LogP contribution in [0.2, 0.25) is 0 Å². The van der Waals surface area contributed by atoms with Gasteiger partial charge in [0.05, 0.1) is 5.69 Å². The summed E-state index contributed by atoms with van der Waals surface area (Å²) in [4.78, 5) is 25.7. The number of nitrogens with one attached hydrogen (secondary N) is 1. The SMILES string of the molecule is CC(C)C1NC(=O)CN(c2ccccc2I)C1=O. The van der Waals surface area contributed by atoms with E-state index in [1.807, 2.05) is 38.1 Å². The van der Waals surface area contributed by atoms with E-state index in [1.54, 1.807) is 4.90 Å². The predicted molar refractivity (Wildman–Crippen MR) is 78.3 cm³/mol. The van der Waals surface area contributed by atoms with Gasteiger partial charge in [-0.05, 0) is 40.6 Å². The molecule has 1 aliphatic rings. The van der Waals surface area contributed by atoms with E-state index in [9.17, 15) is 9.59 Å². The summed E-state index contributed by atoms with van der Waals surface area (Å²) >= 11 is 2.18. The van der Waals surface area contributed by atoms with Crippen LogP contribution in [0.4, 0.5) is 5.69 Å². The maximum atomic E-state index is 12.4. The zero-order valence-electron chi connectivity index (χ0n) is 10.3. The van der Waals surface area contributed by atoms with Crippen molar-refractivity contribution in [1.82, 2.24) is 5.32 Å². The number of piperazine rings is 1. The van der Waals surface area contributed by atoms with Crippen LogP contribution in [0.15, 0.2) is 24.3 Å². The lowest BCUT2D eigenvalue weighted by molar-refractivity contribution is -0.132. The summed E-state index contributed by atoms with van der Waals surface area (Å²) in [5.74, 6) is -0.0488. The molecule has 18 heavy (non-hydrogen) atoms. The van der Waals surface area contributed by atoms with E-state index in [0.717, 1.165) is 9.26 Å². The quantitative estimate of drug-likeness (QED) is 0.820. The minimum Gasteiger partial charge on any atom is -0.342 e. The Hall–Kier alpha value is -1.11. The van der Waals surface area contributed by atoms with Gasteiger partial charge in [-0.15, -0.1) is 0 Å². The highest BCUT2D eigenvalue weighted by Gasteiger charge is 2.35. The molecule has 1 saturated heterocycles. The molecule has 0 saturated carbocycles. The second-order valence-electron chi connectivity index (χ2n) is 4.66. The molecule has 1 unspecified atom stereocenters. The lowest BCUT2D eigenvalue weighted by atomic mass is 10.0. The first-order valence-corrected chi connectivity index (χ1v) is 6.94. The van der Waals surface area contributed by atoms with E-state index >= 15 is 0 Å². The van der Waals surface area contributed by atoms with Gasteiger partial charge in [-0.2, -0.15) is 0 Å². The molecule has 1 aliphatic heterocycles. The molecule has 0 spiro atoms. The number of hydrogen-bond donors (Lipinski definition) is 1. The largest absolute Gasteiger partial charge is 0.342 e. The van der Waals surface area contributed by atoms with Crippen LogP contribution in [0.1, 0.15) is 13.8 Å². The molecular weight excluding hydrogens is 343 g/mol. The van der Waals surface area contributed by atoms with Crippen molar-refractivity contribution in [3.63, 3.8) is 0 Å². The Balaban J connectivity index is 2.35. The highest BCUT2D eigenvalue weighted by atomic mass is 127. The van der Waals surface area contributed by atoms with Gasteiger partial charge in [-0.25, -0.2) is 0 Å². The summed E-state index contributed by atoms with van der Waals surface area (Å²) in [5, 5.41) is 2.75. The monoisotopic (exact) mass is 358 g/mol. The van der Waals surface area contributed by atoms with E-state index in [4.69, 9.17) is 0 Å². The second-order valence-corrected chi connectivity index (χ2v) is 5.83. The van der Waals surface area contributed by atoms with Gasteiger partial charge in [0.25, 0.3) is 0 Å². The molecular formula is C13H15IN2O2. The highest BCUT2D eigenvalue weighted by Crippen LogP contribution is 2.25. The molecule has 2 rings (SSSR count). The molecule has 1 atom stereocenters. The van der Waals surface area contributed by atoms with Gasteiger partial charge >= 0.3 is 0 Å². The van der Waals surface area contributed by atoms with Gasteiger partial charge in [0, 0.05) is 3.57 Å². The number of halogens is 1. The Labute approximate surface area is 120 Å². The zero-order chi connectivity index (χ0) is 13.3. The maximum absolute atomic E-state index is 12.4. The van der Waals surface area contributed by atoms with Crippen molar-refractivity contribution >= 4 is 40.1 Å². The standard InChI is InChI=1S/C13H15IN2O2/c1-8(2)12-13(18)16(7-11(17)15-12)10-6-4-3-5-9(10)14/h3-6,8,12H,7H2,1-2H3,(H,15,17). The number of carbonyl (C=O) groups excluding carboxylic acids is 2. The maximum Gasteiger partial charge on any atom is 0.250 e. The van der Waals surface area contributed by atoms with E-state index in [1.165, 1.54) is 0 Å². The van der Waals surface area contributed by atoms with Crippen molar-refractivity contribution in [2.24, 2.45) is 5.92 Å². The van der Waals surface area contributed by atoms with Crippen molar-refractivity contribution in [2.45, 2.75) is 19.9 Å². The number of amides is 2. The van der Waals surface area contributed by atoms with Gasteiger partial charge in [0.15, 0.2) is 0 Å². The number of carbonyl (C=O) groups is 2. The van der Waals surface area contributed by atoms with Crippen molar-refractivity contribution in [2.75, 3.05) is 11.4 Å². The second kappa shape index (κ2) is 5.26. The Kier molecular flexibility index (Phi) is 3.89. The number of benzene rings is 1. The zero-order valence-corrected chi connectivity index (χ0v) is 12.5. The Morgan fingerprint density at radius 3 is 2.61 bits per heavy atom. The molecule has 1 N–H and O–H groups in total. The number of anilines is 1. The minimum absolute atomic E-state index is 0.0336. The van der Waals surface area contributed by atoms with E-state index in [0.29, 0.717) is 0 Å². The van der Waals surface area contributed by atoms with Crippen molar-refractivity contribution in [1.29, 1.82) is 0 Å². The van der Waals surface area contributed by atoms with Crippen LogP contribution in [-0.4, -0.2) is 24.4 Å². The summed E-state index contributed by atoms with van der Waals surface area (Å²) in [6, 6.07) is 7.17. The molecule has 1 aromatic carbocycles. The van der Waals surface area contributed by atoms with Gasteiger partial charge < -0.3 is 10.2 Å². The topological polar surface area (TPSA) is 49.4 Å². The first-order chi connectivity index (χ1) is 8.50. The third-order valence-corrected chi connectivity index (χ3v) is 3.87. The first-order valence-electron chi connectivity index (χ1n) is 5.86. The van der Waals surface area contributed by atoms with Crippen molar-refractivity contribution in [3.05, 3.63) is 27.8 Å². The van der Waals surface area contributed by atoms with Gasteiger partial charge in [0.1, 0.15) is 12.6 Å². The molecule has 0 bridgehead atoms. The highest BCUT2D eigenvalue weighted by molar-refractivity contribution is 14.1. The van der Waals surface area contributed by atoms with Crippen molar-refractivity contribution in [3.8, 4) is 0 Å². The first kappa shape index (κ1) is 13.3. The minimum atomic E-state index is -0.428. The fourth-order valence-electron chi connectivity index (χ4n) is 2.00. The number of hydrogen-bond acceptors (Lipinski definition) is 2. The summed E-state index contributed by atoms with van der Waals surface area (Å²) in [7, 11) is 0. The van der Waals surface area contributed by atoms with Crippen LogP contribution in [0, 0.1) is 9.49 Å². The summed E-state index contributed by atoms with van der Waals surface area (Å²) in [6.45, 7) is 3.96. The van der Waals surface area contributed by atoms with Crippen LogP contribution in [-0.2, 0) is 9.59 Å². The summed E-state index contributed by atoms with van der Waals surface area (Å²) in [5.41, 5.74) is 0.809. The summed E-state index contributed by atoms with van der Waals surface area (Å²) < 4.78 is 0.973. The molecule has 96 valence electrons. The number of rotatable bonds is 2. The lowest BCUT2D eigenvalue weighted by Gasteiger charge is -2.34. The fraction of sp³-hybridized carbons (Fsp3) is 0.385. The third-order valence-electron chi connectivity index (χ3n) is 2.96. The molecule has 1 aromatic rings. The van der Waals surface area contributed by atoms with Crippen LogP contribution in [0.25, 0.3) is 0 Å². The average Bonchev–Trinajstić information content (AvgIpc) is 2.32. The van der Waals surface area contributed by atoms with Gasteiger partial charge in [0.2, 0.25) is 11.8 Å². The third kappa shape index (κ3) is 2.50. The van der Waals surface area contributed by atoms with Crippen LogP contribution >= 0.6 is 22.6 Å². The lowest BCUT2D eigenvalue weighted by Crippen LogP contribution is -2.60. The van der Waals surface area contributed by atoms with Gasteiger partial charge in [-0.1, -0.05) is 26.0 Å². The summed E-state index contributed by atoms with van der Waals surface area (Å²) in [6.07, 6.45) is 0. The fourth-order valence-corrected chi connectivity index (χ4v) is 2.68. The molecule has 2 amide bonds. The Morgan fingerprint density at radius 1 is 1.33 bits per heavy atom. The molecule has 4 nitrogen and oxygen atoms in total. The molecule has 0 aliphatic carbocycles. The van der Waals surface area contributed by atoms with E-state index in [2.05, 4.69) is 27.9 Å². The smallest absolute Gasteiger partial charge is 0.250 e. The molecule has 5 heteroatoms. The molecule has 0 radical (unpaired) electrons. The Morgan fingerprint density at radius 2 is 2.00 bits per heavy atom. The van der Waals surface area contributed by atoms with Crippen LogP contribution in [0.3, 0.4) is 0 Å². The number of nitrogens with zero attached hydrogens (tertiary/aromatic N) is 1. The van der Waals surface area contributed by atoms with E-state index < -0.39 is 6.04 Å². The molecule has 0 aromatic heterocycles. The van der Waals surface area contributed by atoms with Crippen LogP contribution in [0.5, 0.6) is 0 Å². The molecule has 1 fully saturated rings. The average molecular weight is 358 g/mol. The predicted octanol–water partition coefficient (Wildman–Crippen LogP) is 1.78.